The molecule has 1 heterocycles. The Labute approximate surface area is 152 Å². The number of nitrogens with one attached hydrogen (secondary N) is 1. The number of nitro groups is 1. The molecule has 1 atom stereocenters. The Balaban J connectivity index is 1.77. The van der Waals surface area contributed by atoms with Gasteiger partial charge >= 0.3 is 0 Å². The maximum atomic E-state index is 12.4. The normalized spacial score (nSPS) is 20.7. The number of rotatable bonds is 6. The van der Waals surface area contributed by atoms with Gasteiger partial charge in [0, 0.05) is 37.6 Å². The summed E-state index contributed by atoms with van der Waals surface area (Å²) in [6.07, 6.45) is 4.91. The molecule has 1 aliphatic carbocycles. The predicted octanol–water partition coefficient (Wildman–Crippen LogP) is 1.74. The monoisotopic (exact) mass is 381 g/mol. The van der Waals surface area contributed by atoms with Gasteiger partial charge in [0.15, 0.2) is 9.84 Å². The Hall–Kier alpha value is -2.16. The number of benzene rings is 1. The summed E-state index contributed by atoms with van der Waals surface area (Å²) in [6, 6.07) is 4.12. The minimum atomic E-state index is -3.73. The van der Waals surface area contributed by atoms with Crippen LogP contribution in [0, 0.1) is 22.0 Å². The molecule has 26 heavy (non-hydrogen) atoms. The van der Waals surface area contributed by atoms with Crippen molar-refractivity contribution in [2.45, 2.75) is 30.6 Å². The first-order valence-electron chi connectivity index (χ1n) is 8.77. The second kappa shape index (κ2) is 7.22. The average molecular weight is 381 g/mol. The number of piperidine rings is 1. The number of carbonyl (C=O) groups excluding carboxylic acids is 1. The van der Waals surface area contributed by atoms with E-state index in [2.05, 4.69) is 5.32 Å². The van der Waals surface area contributed by atoms with Crippen molar-refractivity contribution < 1.29 is 18.1 Å². The number of nitrogens with zero attached hydrogens (tertiary/aromatic N) is 2. The van der Waals surface area contributed by atoms with Gasteiger partial charge in [-0.3, -0.25) is 14.9 Å². The Morgan fingerprint density at radius 3 is 2.69 bits per heavy atom. The van der Waals surface area contributed by atoms with Crippen LogP contribution < -0.4 is 10.2 Å². The number of amides is 1. The fourth-order valence-corrected chi connectivity index (χ4v) is 4.14. The molecule has 1 saturated carbocycles. The van der Waals surface area contributed by atoms with Crippen molar-refractivity contribution in [1.29, 1.82) is 0 Å². The van der Waals surface area contributed by atoms with Gasteiger partial charge in [-0.05, 0) is 43.7 Å². The lowest BCUT2D eigenvalue weighted by atomic mass is 9.96. The number of carbonyl (C=O) groups is 1. The average Bonchev–Trinajstić information content (AvgIpc) is 3.43. The SMILES string of the molecule is CS(=O)(=O)c1cc(N2CCCC(C(=O)NCC3CC3)C2)ccc1[N+](=O)[O-]. The smallest absolute Gasteiger partial charge is 0.288 e. The summed E-state index contributed by atoms with van der Waals surface area (Å²) in [5.41, 5.74) is 0.169. The Kier molecular flexibility index (Phi) is 5.17. The minimum Gasteiger partial charge on any atom is -0.371 e. The number of anilines is 1. The molecule has 0 bridgehead atoms. The van der Waals surface area contributed by atoms with Crippen molar-refractivity contribution in [3.63, 3.8) is 0 Å². The molecule has 2 aliphatic rings. The lowest BCUT2D eigenvalue weighted by Gasteiger charge is -2.34. The van der Waals surface area contributed by atoms with E-state index in [0.29, 0.717) is 24.7 Å². The third-order valence-corrected chi connectivity index (χ3v) is 6.08. The first kappa shape index (κ1) is 18.6. The summed E-state index contributed by atoms with van der Waals surface area (Å²) in [7, 11) is -3.73. The van der Waals surface area contributed by atoms with Crippen molar-refractivity contribution in [3.8, 4) is 0 Å². The third kappa shape index (κ3) is 4.32. The van der Waals surface area contributed by atoms with Crippen LogP contribution >= 0.6 is 0 Å². The molecule has 0 aromatic heterocycles. The van der Waals surface area contributed by atoms with Crippen molar-refractivity contribution >= 4 is 27.1 Å². The van der Waals surface area contributed by atoms with Crippen LogP contribution in [0.3, 0.4) is 0 Å². The van der Waals surface area contributed by atoms with Crippen molar-refractivity contribution in [2.24, 2.45) is 11.8 Å². The molecule has 1 aliphatic heterocycles. The second-order valence-electron chi connectivity index (χ2n) is 7.15. The summed E-state index contributed by atoms with van der Waals surface area (Å²) in [6.45, 7) is 1.90. The van der Waals surface area contributed by atoms with E-state index in [4.69, 9.17) is 0 Å². The molecule has 8 nitrogen and oxygen atoms in total. The Morgan fingerprint density at radius 1 is 1.35 bits per heavy atom. The summed E-state index contributed by atoms with van der Waals surface area (Å²) < 4.78 is 23.9. The second-order valence-corrected chi connectivity index (χ2v) is 9.14. The maximum absolute atomic E-state index is 12.4. The van der Waals surface area contributed by atoms with Crippen LogP contribution in [0.15, 0.2) is 23.1 Å². The highest BCUT2D eigenvalue weighted by atomic mass is 32.2. The molecule has 1 saturated heterocycles. The van der Waals surface area contributed by atoms with Crippen LogP contribution in [0.1, 0.15) is 25.7 Å². The molecule has 2 fully saturated rings. The number of hydrogen-bond donors (Lipinski definition) is 1. The van der Waals surface area contributed by atoms with Gasteiger partial charge in [0.05, 0.1) is 10.8 Å². The zero-order valence-electron chi connectivity index (χ0n) is 14.7. The van der Waals surface area contributed by atoms with E-state index in [1.807, 2.05) is 4.90 Å². The van der Waals surface area contributed by atoms with Gasteiger partial charge in [0.2, 0.25) is 5.91 Å². The Morgan fingerprint density at radius 2 is 2.08 bits per heavy atom. The molecule has 9 heteroatoms. The zero-order chi connectivity index (χ0) is 18.9. The van der Waals surface area contributed by atoms with Crippen LogP contribution in [0.4, 0.5) is 11.4 Å². The minimum absolute atomic E-state index is 0.0341. The summed E-state index contributed by atoms with van der Waals surface area (Å²) in [4.78, 5) is 24.4. The molecule has 142 valence electrons. The van der Waals surface area contributed by atoms with Gasteiger partial charge in [0.25, 0.3) is 5.69 Å². The van der Waals surface area contributed by atoms with E-state index in [9.17, 15) is 23.3 Å². The fourth-order valence-electron chi connectivity index (χ4n) is 3.28. The van der Waals surface area contributed by atoms with E-state index in [0.717, 1.165) is 25.6 Å². The molecule has 1 aromatic rings. The molecule has 1 N–H and O–H groups in total. The van der Waals surface area contributed by atoms with Crippen LogP contribution in [0.25, 0.3) is 0 Å². The molecule has 1 aromatic carbocycles. The topological polar surface area (TPSA) is 110 Å². The molecule has 0 spiro atoms. The van der Waals surface area contributed by atoms with Crippen LogP contribution in [-0.4, -0.2) is 45.1 Å². The number of nitro benzene ring substituents is 1. The van der Waals surface area contributed by atoms with Crippen molar-refractivity contribution in [2.75, 3.05) is 30.8 Å². The van der Waals surface area contributed by atoms with Crippen LogP contribution in [-0.2, 0) is 14.6 Å². The lowest BCUT2D eigenvalue weighted by Crippen LogP contribution is -2.43. The van der Waals surface area contributed by atoms with Gasteiger partial charge in [-0.1, -0.05) is 0 Å². The third-order valence-electron chi connectivity index (χ3n) is 4.96. The fraction of sp³-hybridized carbons (Fsp3) is 0.588. The maximum Gasteiger partial charge on any atom is 0.288 e. The van der Waals surface area contributed by atoms with Gasteiger partial charge in [-0.2, -0.15) is 0 Å². The van der Waals surface area contributed by atoms with E-state index >= 15 is 0 Å². The summed E-state index contributed by atoms with van der Waals surface area (Å²) >= 11 is 0. The molecular weight excluding hydrogens is 358 g/mol. The summed E-state index contributed by atoms with van der Waals surface area (Å²) in [5.74, 6) is 0.497. The molecule has 1 unspecified atom stereocenters. The molecule has 0 radical (unpaired) electrons. The van der Waals surface area contributed by atoms with Gasteiger partial charge < -0.3 is 10.2 Å². The summed E-state index contributed by atoms with van der Waals surface area (Å²) in [5, 5.41) is 14.1. The number of sulfone groups is 1. The van der Waals surface area contributed by atoms with Crippen LogP contribution in [0.2, 0.25) is 0 Å². The highest BCUT2D eigenvalue weighted by Crippen LogP contribution is 2.31. The van der Waals surface area contributed by atoms with Gasteiger partial charge in [-0.15, -0.1) is 0 Å². The number of hydrogen-bond acceptors (Lipinski definition) is 6. The largest absolute Gasteiger partial charge is 0.371 e. The first-order chi connectivity index (χ1) is 12.3. The van der Waals surface area contributed by atoms with E-state index < -0.39 is 20.4 Å². The molecule has 3 rings (SSSR count). The van der Waals surface area contributed by atoms with Crippen LogP contribution in [0.5, 0.6) is 0 Å². The highest BCUT2D eigenvalue weighted by Gasteiger charge is 2.30. The van der Waals surface area contributed by atoms with E-state index in [1.165, 1.54) is 25.0 Å². The van der Waals surface area contributed by atoms with E-state index in [-0.39, 0.29) is 16.7 Å². The quantitative estimate of drug-likeness (QED) is 0.594. The van der Waals surface area contributed by atoms with Gasteiger partial charge in [0.1, 0.15) is 4.90 Å². The zero-order valence-corrected chi connectivity index (χ0v) is 15.5. The molecule has 1 amide bonds. The van der Waals surface area contributed by atoms with E-state index in [1.54, 1.807) is 6.07 Å². The lowest BCUT2D eigenvalue weighted by molar-refractivity contribution is -0.387. The molecular formula is C17H23N3O5S. The van der Waals surface area contributed by atoms with Gasteiger partial charge in [-0.25, -0.2) is 8.42 Å². The first-order valence-corrected chi connectivity index (χ1v) is 10.7. The highest BCUT2D eigenvalue weighted by molar-refractivity contribution is 7.90. The van der Waals surface area contributed by atoms with Crippen molar-refractivity contribution in [3.05, 3.63) is 28.3 Å². The Bertz CT molecular complexity index is 820. The predicted molar refractivity (Wildman–Crippen MR) is 96.9 cm³/mol. The van der Waals surface area contributed by atoms with Crippen molar-refractivity contribution in [1.82, 2.24) is 5.32 Å². The standard InChI is InChI=1S/C17H23N3O5S/c1-26(24,25)16-9-14(6-7-15(16)20(22)23)19-8-2-3-13(11-19)17(21)18-10-12-4-5-12/h6-7,9,12-13H,2-5,8,10-11H2,1H3,(H,18,21).